The minimum absolute atomic E-state index is 0.378. The number of halogens is 1. The van der Waals surface area contributed by atoms with Crippen LogP contribution in [-0.2, 0) is 6.61 Å². The van der Waals surface area contributed by atoms with Crippen LogP contribution in [0.3, 0.4) is 0 Å². The molecule has 0 saturated heterocycles. The fourth-order valence-corrected chi connectivity index (χ4v) is 2.58. The smallest absolute Gasteiger partial charge is 0.336 e. The standard InChI is InChI=1S/C18H15ClO3/c1-11-5-3-4-6-13(11)10-21-17-9-16-14(8-15(17)19)12(2)7-18(20)22-16/h3-9H,10H2,1-2H3. The first kappa shape index (κ1) is 14.7. The zero-order chi connectivity index (χ0) is 15.7. The lowest BCUT2D eigenvalue weighted by atomic mass is 10.1. The van der Waals surface area contributed by atoms with Crippen molar-refractivity contribution in [2.45, 2.75) is 20.5 Å². The van der Waals surface area contributed by atoms with Gasteiger partial charge in [0.2, 0.25) is 0 Å². The van der Waals surface area contributed by atoms with Crippen LogP contribution < -0.4 is 10.4 Å². The summed E-state index contributed by atoms with van der Waals surface area (Å²) < 4.78 is 11.0. The maximum absolute atomic E-state index is 11.5. The third kappa shape index (κ3) is 2.85. The Kier molecular flexibility index (Phi) is 3.90. The Balaban J connectivity index is 1.96. The van der Waals surface area contributed by atoms with Crippen LogP contribution in [0.25, 0.3) is 11.0 Å². The van der Waals surface area contributed by atoms with Gasteiger partial charge < -0.3 is 9.15 Å². The van der Waals surface area contributed by atoms with Gasteiger partial charge in [0, 0.05) is 17.5 Å². The summed E-state index contributed by atoms with van der Waals surface area (Å²) in [5.41, 5.74) is 3.18. The Morgan fingerprint density at radius 2 is 1.86 bits per heavy atom. The van der Waals surface area contributed by atoms with Gasteiger partial charge in [0.25, 0.3) is 0 Å². The van der Waals surface area contributed by atoms with Crippen molar-refractivity contribution < 1.29 is 9.15 Å². The molecule has 3 aromatic rings. The summed E-state index contributed by atoms with van der Waals surface area (Å²) in [5, 5.41) is 1.31. The molecule has 22 heavy (non-hydrogen) atoms. The lowest BCUT2D eigenvalue weighted by Gasteiger charge is -2.11. The minimum atomic E-state index is -0.378. The molecule has 0 aliphatic heterocycles. The zero-order valence-corrected chi connectivity index (χ0v) is 13.1. The summed E-state index contributed by atoms with van der Waals surface area (Å²) in [4.78, 5) is 11.5. The third-order valence-corrected chi connectivity index (χ3v) is 3.94. The van der Waals surface area contributed by atoms with Crippen molar-refractivity contribution in [3.05, 3.63) is 74.6 Å². The normalized spacial score (nSPS) is 10.9. The summed E-state index contributed by atoms with van der Waals surface area (Å²) in [5.74, 6) is 0.506. The lowest BCUT2D eigenvalue weighted by molar-refractivity contribution is 0.305. The number of hydrogen-bond donors (Lipinski definition) is 0. The van der Waals surface area contributed by atoms with E-state index in [0.29, 0.717) is 23.0 Å². The summed E-state index contributed by atoms with van der Waals surface area (Å²) in [6.45, 7) is 4.29. The molecule has 0 spiro atoms. The highest BCUT2D eigenvalue weighted by molar-refractivity contribution is 6.32. The molecule has 2 aromatic carbocycles. The minimum Gasteiger partial charge on any atom is -0.487 e. The Morgan fingerprint density at radius 3 is 2.64 bits per heavy atom. The molecular weight excluding hydrogens is 300 g/mol. The van der Waals surface area contributed by atoms with Crippen molar-refractivity contribution in [2.75, 3.05) is 0 Å². The first-order valence-electron chi connectivity index (χ1n) is 6.96. The molecule has 1 aromatic heterocycles. The van der Waals surface area contributed by atoms with Gasteiger partial charge in [-0.15, -0.1) is 0 Å². The van der Waals surface area contributed by atoms with E-state index in [1.165, 1.54) is 6.07 Å². The number of aryl methyl sites for hydroxylation is 2. The second-order valence-electron chi connectivity index (χ2n) is 5.24. The van der Waals surface area contributed by atoms with Crippen molar-refractivity contribution in [1.29, 1.82) is 0 Å². The number of ether oxygens (including phenoxy) is 1. The van der Waals surface area contributed by atoms with E-state index >= 15 is 0 Å². The van der Waals surface area contributed by atoms with E-state index in [2.05, 4.69) is 0 Å². The highest BCUT2D eigenvalue weighted by Gasteiger charge is 2.09. The Labute approximate surface area is 133 Å². The first-order chi connectivity index (χ1) is 10.5. The third-order valence-electron chi connectivity index (χ3n) is 3.65. The summed E-state index contributed by atoms with van der Waals surface area (Å²) in [7, 11) is 0. The summed E-state index contributed by atoms with van der Waals surface area (Å²) in [6.07, 6.45) is 0. The average Bonchev–Trinajstić information content (AvgIpc) is 2.47. The quantitative estimate of drug-likeness (QED) is 0.661. The molecule has 0 N–H and O–H groups in total. The summed E-state index contributed by atoms with van der Waals surface area (Å²) >= 11 is 6.28. The molecule has 0 saturated carbocycles. The van der Waals surface area contributed by atoms with Gasteiger partial charge in [-0.05, 0) is 36.6 Å². The van der Waals surface area contributed by atoms with Crippen LogP contribution in [0.5, 0.6) is 5.75 Å². The van der Waals surface area contributed by atoms with Crippen LogP contribution in [0.15, 0.2) is 51.7 Å². The fourth-order valence-electron chi connectivity index (χ4n) is 2.36. The molecule has 0 amide bonds. The average molecular weight is 315 g/mol. The zero-order valence-electron chi connectivity index (χ0n) is 12.4. The SMILES string of the molecule is Cc1ccccc1COc1cc2oc(=O)cc(C)c2cc1Cl. The van der Waals surface area contributed by atoms with Crippen LogP contribution in [0.1, 0.15) is 16.7 Å². The molecule has 0 aliphatic rings. The fraction of sp³-hybridized carbons (Fsp3) is 0.167. The van der Waals surface area contributed by atoms with Crippen LogP contribution >= 0.6 is 11.6 Å². The van der Waals surface area contributed by atoms with Crippen LogP contribution in [0.2, 0.25) is 5.02 Å². The van der Waals surface area contributed by atoms with Crippen molar-refractivity contribution in [1.82, 2.24) is 0 Å². The van der Waals surface area contributed by atoms with Crippen LogP contribution in [0.4, 0.5) is 0 Å². The molecule has 3 nitrogen and oxygen atoms in total. The van der Waals surface area contributed by atoms with Crippen molar-refractivity contribution in [2.24, 2.45) is 0 Å². The molecule has 0 bridgehead atoms. The van der Waals surface area contributed by atoms with Gasteiger partial charge in [-0.1, -0.05) is 35.9 Å². The van der Waals surface area contributed by atoms with E-state index in [-0.39, 0.29) is 5.63 Å². The van der Waals surface area contributed by atoms with Gasteiger partial charge in [-0.3, -0.25) is 0 Å². The Morgan fingerprint density at radius 1 is 1.09 bits per heavy atom. The summed E-state index contributed by atoms with van der Waals surface area (Å²) in [6, 6.07) is 12.9. The molecule has 0 fully saturated rings. The van der Waals surface area contributed by atoms with Gasteiger partial charge in [-0.2, -0.15) is 0 Å². The molecular formula is C18H15ClO3. The van der Waals surface area contributed by atoms with Crippen molar-refractivity contribution in [3.8, 4) is 5.75 Å². The number of hydrogen-bond acceptors (Lipinski definition) is 3. The second-order valence-corrected chi connectivity index (χ2v) is 5.65. The van der Waals surface area contributed by atoms with E-state index in [0.717, 1.165) is 22.1 Å². The Bertz CT molecular complexity index is 896. The molecule has 1 heterocycles. The van der Waals surface area contributed by atoms with E-state index in [1.807, 2.05) is 38.1 Å². The molecule has 0 unspecified atom stereocenters. The topological polar surface area (TPSA) is 39.4 Å². The van der Waals surface area contributed by atoms with E-state index in [4.69, 9.17) is 20.8 Å². The second kappa shape index (κ2) is 5.85. The first-order valence-corrected chi connectivity index (χ1v) is 7.34. The predicted molar refractivity (Wildman–Crippen MR) is 87.7 cm³/mol. The molecule has 3 rings (SSSR count). The van der Waals surface area contributed by atoms with E-state index < -0.39 is 0 Å². The Hall–Kier alpha value is -2.26. The molecule has 4 heteroatoms. The molecule has 0 atom stereocenters. The van der Waals surface area contributed by atoms with Crippen molar-refractivity contribution in [3.63, 3.8) is 0 Å². The predicted octanol–water partition coefficient (Wildman–Crippen LogP) is 4.64. The van der Waals surface area contributed by atoms with Crippen LogP contribution in [-0.4, -0.2) is 0 Å². The van der Waals surface area contributed by atoms with E-state index in [1.54, 1.807) is 12.1 Å². The number of fused-ring (bicyclic) bond motifs is 1. The van der Waals surface area contributed by atoms with Gasteiger partial charge >= 0.3 is 5.63 Å². The van der Waals surface area contributed by atoms with Gasteiger partial charge in [-0.25, -0.2) is 4.79 Å². The molecule has 0 aliphatic carbocycles. The van der Waals surface area contributed by atoms with Gasteiger partial charge in [0.05, 0.1) is 5.02 Å². The number of benzene rings is 2. The molecule has 112 valence electrons. The van der Waals surface area contributed by atoms with Crippen molar-refractivity contribution >= 4 is 22.6 Å². The lowest BCUT2D eigenvalue weighted by Crippen LogP contribution is -2.00. The van der Waals surface area contributed by atoms with E-state index in [9.17, 15) is 4.79 Å². The molecule has 0 radical (unpaired) electrons. The van der Waals surface area contributed by atoms with Gasteiger partial charge in [0.1, 0.15) is 17.9 Å². The van der Waals surface area contributed by atoms with Gasteiger partial charge in [0.15, 0.2) is 0 Å². The monoisotopic (exact) mass is 314 g/mol. The largest absolute Gasteiger partial charge is 0.487 e. The highest BCUT2D eigenvalue weighted by Crippen LogP contribution is 2.31. The highest BCUT2D eigenvalue weighted by atomic mass is 35.5. The number of rotatable bonds is 3. The maximum Gasteiger partial charge on any atom is 0.336 e. The van der Waals surface area contributed by atoms with Crippen LogP contribution in [0, 0.1) is 13.8 Å². The maximum atomic E-state index is 11.5.